The van der Waals surface area contributed by atoms with E-state index in [2.05, 4.69) is 50.5 Å². The fourth-order valence-corrected chi connectivity index (χ4v) is 6.33. The predicted molar refractivity (Wildman–Crippen MR) is 157 cm³/mol. The van der Waals surface area contributed by atoms with Gasteiger partial charge in [0.2, 0.25) is 5.91 Å². The number of non-ortho nitro benzene ring substituents is 1. The Morgan fingerprint density at radius 3 is 2.42 bits per heavy atom. The normalized spacial score (nSPS) is 14.2. The van der Waals surface area contributed by atoms with Crippen LogP contribution in [0.25, 0.3) is 6.08 Å². The van der Waals surface area contributed by atoms with Crippen LogP contribution in [-0.4, -0.2) is 33.4 Å². The molecule has 0 aromatic heterocycles. The van der Waals surface area contributed by atoms with E-state index in [1.54, 1.807) is 30.3 Å². The summed E-state index contributed by atoms with van der Waals surface area (Å²) in [6, 6.07) is 15.0. The molecule has 1 N–H and O–H groups in total. The van der Waals surface area contributed by atoms with E-state index in [0.29, 0.717) is 11.3 Å². The number of imide groups is 1. The lowest BCUT2D eigenvalue weighted by Gasteiger charge is -2.13. The van der Waals surface area contributed by atoms with E-state index in [-0.39, 0.29) is 22.9 Å². The Bertz CT molecular complexity index is 1460. The average molecular weight is 759 g/mol. The first-order valence-electron chi connectivity index (χ1n) is 10.8. The molecule has 3 aromatic rings. The molecule has 1 fully saturated rings. The van der Waals surface area contributed by atoms with Crippen LogP contribution < -0.4 is 10.1 Å². The van der Waals surface area contributed by atoms with Crippen LogP contribution >= 0.6 is 56.9 Å². The number of halogens is 3. The third kappa shape index (κ3) is 6.87. The maximum absolute atomic E-state index is 13.3. The van der Waals surface area contributed by atoms with E-state index in [9.17, 15) is 28.9 Å². The Labute approximate surface area is 247 Å². The van der Waals surface area contributed by atoms with E-state index in [1.807, 2.05) is 0 Å². The SMILES string of the molecule is O=C(CN1C(=O)S/C(=C/c2cc(I)c(OCc3ccc([N+](=O)[O-])cc3)c(I)c2)C1=O)Nc1cccc(F)c1. The molecular weight excluding hydrogens is 743 g/mol. The molecule has 9 nitrogen and oxygen atoms in total. The Kier molecular flexibility index (Phi) is 8.99. The number of rotatable bonds is 8. The molecule has 0 bridgehead atoms. The van der Waals surface area contributed by atoms with Crippen molar-refractivity contribution in [2.45, 2.75) is 6.61 Å². The number of carbonyl (C=O) groups is 3. The second-order valence-electron chi connectivity index (χ2n) is 7.85. The van der Waals surface area contributed by atoms with E-state index in [4.69, 9.17) is 4.74 Å². The molecule has 1 aliphatic rings. The number of amides is 3. The lowest BCUT2D eigenvalue weighted by Crippen LogP contribution is -2.36. The standard InChI is InChI=1S/C25H16FI2N3O6S/c26-16-2-1-3-17(11-16)29-22(32)12-30-24(33)21(38-25(30)34)10-15-8-19(27)23(20(28)9-15)37-13-14-4-6-18(7-5-14)31(35)36/h1-11H,12-13H2,(H,29,32)/b21-10+. The molecule has 0 aliphatic carbocycles. The minimum absolute atomic E-state index is 0.00103. The summed E-state index contributed by atoms with van der Waals surface area (Å²) in [6.07, 6.45) is 1.57. The molecule has 3 amide bonds. The number of nitro benzene ring substituents is 1. The Hall–Kier alpha value is -3.05. The number of thioether (sulfide) groups is 1. The van der Waals surface area contributed by atoms with Crippen LogP contribution in [0.2, 0.25) is 0 Å². The molecule has 194 valence electrons. The summed E-state index contributed by atoms with van der Waals surface area (Å²) < 4.78 is 20.8. The molecule has 0 unspecified atom stereocenters. The zero-order chi connectivity index (χ0) is 27.4. The van der Waals surface area contributed by atoms with Crippen molar-refractivity contribution in [2.75, 3.05) is 11.9 Å². The fraction of sp³-hybridized carbons (Fsp3) is 0.0800. The molecule has 1 aliphatic heterocycles. The van der Waals surface area contributed by atoms with Crippen LogP contribution in [0.15, 0.2) is 65.6 Å². The van der Waals surface area contributed by atoms with Gasteiger partial charge in [0.1, 0.15) is 24.7 Å². The molecule has 0 saturated carbocycles. The van der Waals surface area contributed by atoms with E-state index in [0.717, 1.165) is 35.4 Å². The molecule has 3 aromatic carbocycles. The third-order valence-corrected chi connectivity index (χ3v) is 7.64. The number of hydrogen-bond acceptors (Lipinski definition) is 7. The van der Waals surface area contributed by atoms with Crippen molar-refractivity contribution < 1.29 is 28.4 Å². The van der Waals surface area contributed by atoms with Gasteiger partial charge in [-0.15, -0.1) is 0 Å². The lowest BCUT2D eigenvalue weighted by atomic mass is 10.2. The number of nitro groups is 1. The van der Waals surface area contributed by atoms with Gasteiger partial charge in [0.15, 0.2) is 0 Å². The summed E-state index contributed by atoms with van der Waals surface area (Å²) in [7, 11) is 0. The first-order valence-corrected chi connectivity index (χ1v) is 13.7. The Balaban J connectivity index is 1.42. The summed E-state index contributed by atoms with van der Waals surface area (Å²) in [5.41, 5.74) is 1.65. The van der Waals surface area contributed by atoms with Gasteiger partial charge in [-0.1, -0.05) is 6.07 Å². The second kappa shape index (κ2) is 12.2. The highest BCUT2D eigenvalue weighted by Gasteiger charge is 2.36. The summed E-state index contributed by atoms with van der Waals surface area (Å²) in [5, 5.41) is 12.7. The van der Waals surface area contributed by atoms with Crippen LogP contribution in [0.4, 0.5) is 20.6 Å². The number of carbonyl (C=O) groups excluding carboxylic acids is 3. The maximum Gasteiger partial charge on any atom is 0.294 e. The van der Waals surface area contributed by atoms with Gasteiger partial charge in [-0.2, -0.15) is 0 Å². The van der Waals surface area contributed by atoms with Crippen LogP contribution in [0, 0.1) is 23.1 Å². The van der Waals surface area contributed by atoms with Crippen LogP contribution in [0.5, 0.6) is 5.75 Å². The van der Waals surface area contributed by atoms with Gasteiger partial charge in [-0.05, 0) is 117 Å². The number of hydrogen-bond donors (Lipinski definition) is 1. The number of anilines is 1. The van der Waals surface area contributed by atoms with Gasteiger partial charge in [0.05, 0.1) is 17.0 Å². The second-order valence-corrected chi connectivity index (χ2v) is 11.2. The fourth-order valence-electron chi connectivity index (χ4n) is 3.37. The Morgan fingerprint density at radius 1 is 1.11 bits per heavy atom. The lowest BCUT2D eigenvalue weighted by molar-refractivity contribution is -0.384. The topological polar surface area (TPSA) is 119 Å². The highest BCUT2D eigenvalue weighted by molar-refractivity contribution is 14.1. The minimum atomic E-state index is -0.627. The van der Waals surface area contributed by atoms with Gasteiger partial charge in [0, 0.05) is 17.8 Å². The molecule has 0 radical (unpaired) electrons. The molecule has 1 heterocycles. The monoisotopic (exact) mass is 759 g/mol. The third-order valence-electron chi connectivity index (χ3n) is 5.13. The molecule has 0 atom stereocenters. The largest absolute Gasteiger partial charge is 0.487 e. The minimum Gasteiger partial charge on any atom is -0.487 e. The first kappa shape index (κ1) is 28.0. The summed E-state index contributed by atoms with van der Waals surface area (Å²) >= 11 is 4.93. The van der Waals surface area contributed by atoms with Gasteiger partial charge < -0.3 is 10.1 Å². The molecule has 38 heavy (non-hydrogen) atoms. The summed E-state index contributed by atoms with van der Waals surface area (Å²) in [6.45, 7) is -0.289. The van der Waals surface area contributed by atoms with Gasteiger partial charge >= 0.3 is 0 Å². The van der Waals surface area contributed by atoms with Crippen molar-refractivity contribution in [3.63, 3.8) is 0 Å². The summed E-state index contributed by atoms with van der Waals surface area (Å²) in [4.78, 5) is 48.9. The predicted octanol–water partition coefficient (Wildman–Crippen LogP) is 6.20. The van der Waals surface area contributed by atoms with Crippen molar-refractivity contribution in [1.82, 2.24) is 4.90 Å². The zero-order valence-electron chi connectivity index (χ0n) is 19.2. The van der Waals surface area contributed by atoms with Crippen molar-refractivity contribution in [3.8, 4) is 5.75 Å². The van der Waals surface area contributed by atoms with Crippen molar-refractivity contribution >= 4 is 91.4 Å². The van der Waals surface area contributed by atoms with E-state index < -0.39 is 34.3 Å². The van der Waals surface area contributed by atoms with Crippen LogP contribution in [0.3, 0.4) is 0 Å². The van der Waals surface area contributed by atoms with E-state index >= 15 is 0 Å². The molecule has 0 spiro atoms. The molecule has 4 rings (SSSR count). The van der Waals surface area contributed by atoms with Crippen LogP contribution in [0.1, 0.15) is 11.1 Å². The summed E-state index contributed by atoms with van der Waals surface area (Å²) in [5.74, 6) is -1.14. The molecule has 1 saturated heterocycles. The van der Waals surface area contributed by atoms with Crippen molar-refractivity contribution in [1.29, 1.82) is 0 Å². The molecular formula is C25H16FI2N3O6S. The zero-order valence-corrected chi connectivity index (χ0v) is 24.3. The quantitative estimate of drug-likeness (QED) is 0.126. The number of nitrogens with zero attached hydrogens (tertiary/aromatic N) is 2. The number of nitrogens with one attached hydrogen (secondary N) is 1. The van der Waals surface area contributed by atoms with Crippen LogP contribution in [-0.2, 0) is 16.2 Å². The molecule has 13 heteroatoms. The van der Waals surface area contributed by atoms with Crippen molar-refractivity contribution in [3.05, 3.63) is 99.8 Å². The van der Waals surface area contributed by atoms with Gasteiger partial charge in [0.25, 0.3) is 16.8 Å². The Morgan fingerprint density at radius 2 is 1.79 bits per heavy atom. The van der Waals surface area contributed by atoms with E-state index in [1.165, 1.54) is 30.3 Å². The average Bonchev–Trinajstić information content (AvgIpc) is 3.11. The van der Waals surface area contributed by atoms with Gasteiger partial charge in [-0.3, -0.25) is 29.4 Å². The smallest absolute Gasteiger partial charge is 0.294 e. The van der Waals surface area contributed by atoms with Gasteiger partial charge in [-0.25, -0.2) is 4.39 Å². The maximum atomic E-state index is 13.3. The highest BCUT2D eigenvalue weighted by Crippen LogP contribution is 2.35. The van der Waals surface area contributed by atoms with Crippen molar-refractivity contribution in [2.24, 2.45) is 0 Å². The first-order chi connectivity index (χ1) is 18.1. The number of benzene rings is 3. The highest BCUT2D eigenvalue weighted by atomic mass is 127. The number of ether oxygens (including phenoxy) is 1.